The summed E-state index contributed by atoms with van der Waals surface area (Å²) in [7, 11) is -1.79. The van der Waals surface area contributed by atoms with Crippen LogP contribution in [0.1, 0.15) is 44.4 Å². The van der Waals surface area contributed by atoms with Crippen LogP contribution in [0.15, 0.2) is 59.5 Å². The number of hydrogen-bond donors (Lipinski definition) is 2. The number of rotatable bonds is 7. The molecular formula is C27H31N3O4S. The van der Waals surface area contributed by atoms with E-state index in [-0.39, 0.29) is 11.0 Å². The zero-order valence-electron chi connectivity index (χ0n) is 20.9. The van der Waals surface area contributed by atoms with Gasteiger partial charge in [-0.25, -0.2) is 8.42 Å². The molecule has 184 valence electrons. The summed E-state index contributed by atoms with van der Waals surface area (Å²) in [6.07, 6.45) is 3.01. The summed E-state index contributed by atoms with van der Waals surface area (Å²) in [6, 6.07) is 16.7. The van der Waals surface area contributed by atoms with Gasteiger partial charge in [-0.15, -0.1) is 0 Å². The minimum atomic E-state index is -3.40. The lowest BCUT2D eigenvalue weighted by atomic mass is 9.76. The van der Waals surface area contributed by atoms with Gasteiger partial charge in [-0.1, -0.05) is 32.9 Å². The van der Waals surface area contributed by atoms with Crippen molar-refractivity contribution in [2.75, 3.05) is 18.1 Å². The Hall–Kier alpha value is -3.57. The Morgan fingerprint density at radius 3 is 2.26 bits per heavy atom. The average Bonchev–Trinajstić information content (AvgIpc) is 2.77. The molecule has 1 atom stereocenters. The highest BCUT2D eigenvalue weighted by molar-refractivity contribution is 7.92. The van der Waals surface area contributed by atoms with Crippen LogP contribution in [0.5, 0.6) is 5.75 Å². The third-order valence-corrected chi connectivity index (χ3v) is 6.53. The van der Waals surface area contributed by atoms with E-state index < -0.39 is 15.4 Å². The fraction of sp³-hybridized carbons (Fsp3) is 0.333. The van der Waals surface area contributed by atoms with Crippen molar-refractivity contribution in [2.24, 2.45) is 0 Å². The lowest BCUT2D eigenvalue weighted by Gasteiger charge is -2.28. The third-order valence-electron chi connectivity index (χ3n) is 5.92. The number of anilines is 1. The van der Waals surface area contributed by atoms with Crippen molar-refractivity contribution in [3.8, 4) is 22.9 Å². The Morgan fingerprint density at radius 1 is 1.09 bits per heavy atom. The molecule has 3 aromatic rings. The van der Waals surface area contributed by atoms with Crippen LogP contribution in [0.3, 0.4) is 0 Å². The summed E-state index contributed by atoms with van der Waals surface area (Å²) in [5.74, 6) is 0.686. The van der Waals surface area contributed by atoms with Crippen LogP contribution in [0.4, 0.5) is 5.69 Å². The van der Waals surface area contributed by atoms with Gasteiger partial charge in [0, 0.05) is 23.0 Å². The van der Waals surface area contributed by atoms with Gasteiger partial charge in [0.25, 0.3) is 5.56 Å². The summed E-state index contributed by atoms with van der Waals surface area (Å²) in [6.45, 7) is 8.06. The predicted molar refractivity (Wildman–Crippen MR) is 139 cm³/mol. The fourth-order valence-electron chi connectivity index (χ4n) is 4.13. The van der Waals surface area contributed by atoms with Gasteiger partial charge in [-0.05, 0) is 71.8 Å². The Labute approximate surface area is 206 Å². The molecule has 35 heavy (non-hydrogen) atoms. The molecule has 2 N–H and O–H groups in total. The van der Waals surface area contributed by atoms with Gasteiger partial charge in [0.1, 0.15) is 5.75 Å². The maximum absolute atomic E-state index is 12.6. The third kappa shape index (κ3) is 5.92. The van der Waals surface area contributed by atoms with Gasteiger partial charge in [0.2, 0.25) is 10.0 Å². The van der Waals surface area contributed by atoms with Crippen molar-refractivity contribution in [1.82, 2.24) is 4.98 Å². The molecule has 3 rings (SSSR count). The molecule has 1 aromatic heterocycles. The molecule has 0 saturated heterocycles. The van der Waals surface area contributed by atoms with Crippen molar-refractivity contribution >= 4 is 15.7 Å². The van der Waals surface area contributed by atoms with Crippen LogP contribution in [0.2, 0.25) is 0 Å². The molecular weight excluding hydrogens is 462 g/mol. The van der Waals surface area contributed by atoms with Gasteiger partial charge in [0.05, 0.1) is 24.8 Å². The number of benzene rings is 2. The molecule has 0 bridgehead atoms. The minimum Gasteiger partial charge on any atom is -0.496 e. The number of hydrogen-bond acceptors (Lipinski definition) is 5. The smallest absolute Gasteiger partial charge is 0.255 e. The van der Waals surface area contributed by atoms with Crippen molar-refractivity contribution < 1.29 is 13.2 Å². The van der Waals surface area contributed by atoms with Crippen molar-refractivity contribution in [1.29, 1.82) is 5.26 Å². The predicted octanol–water partition coefficient (Wildman–Crippen LogP) is 4.74. The topological polar surface area (TPSA) is 112 Å². The SMILES string of the molecule is COc1c(CC(C)(C#N)c2ccc(NS(C)(=O)=O)cc2)cc(-c2ccc[nH]c2=O)cc1C(C)(C)C. The number of ether oxygens (including phenoxy) is 1. The molecule has 0 fully saturated rings. The van der Waals surface area contributed by atoms with Crippen LogP contribution < -0.4 is 15.0 Å². The standard InChI is InChI=1S/C27H31N3O4S/c1-26(2,3)23-15-18(22-8-7-13-29-25(22)31)14-19(24(23)34-5)16-27(4,17-28)20-9-11-21(12-10-20)30-35(6,32)33/h7-15,30H,16H2,1-6H3,(H,29,31). The maximum atomic E-state index is 12.6. The quantitative estimate of drug-likeness (QED) is 0.494. The second kappa shape index (κ2) is 9.59. The van der Waals surface area contributed by atoms with E-state index in [0.717, 1.165) is 28.5 Å². The van der Waals surface area contributed by atoms with E-state index in [4.69, 9.17) is 4.74 Å². The van der Waals surface area contributed by atoms with Crippen LogP contribution in [0.25, 0.3) is 11.1 Å². The molecule has 1 heterocycles. The number of nitrogens with one attached hydrogen (secondary N) is 2. The number of pyridine rings is 1. The maximum Gasteiger partial charge on any atom is 0.255 e. The zero-order valence-corrected chi connectivity index (χ0v) is 21.7. The highest BCUT2D eigenvalue weighted by Crippen LogP contribution is 2.40. The fourth-order valence-corrected chi connectivity index (χ4v) is 4.69. The zero-order chi connectivity index (χ0) is 26.0. The molecule has 7 nitrogen and oxygen atoms in total. The van der Waals surface area contributed by atoms with Crippen molar-refractivity contribution in [2.45, 2.75) is 44.9 Å². The average molecular weight is 494 g/mol. The largest absolute Gasteiger partial charge is 0.496 e. The van der Waals surface area contributed by atoms with Crippen LogP contribution in [-0.2, 0) is 27.3 Å². The monoisotopic (exact) mass is 493 g/mol. The summed E-state index contributed by atoms with van der Waals surface area (Å²) in [4.78, 5) is 15.3. The molecule has 0 spiro atoms. The van der Waals surface area contributed by atoms with E-state index in [1.165, 1.54) is 0 Å². The molecule has 0 amide bonds. The Bertz CT molecular complexity index is 1430. The molecule has 0 aliphatic carbocycles. The first-order valence-electron chi connectivity index (χ1n) is 11.2. The van der Waals surface area contributed by atoms with Gasteiger partial charge < -0.3 is 9.72 Å². The normalized spacial score (nSPS) is 13.5. The number of aromatic nitrogens is 1. The van der Waals surface area contributed by atoms with Gasteiger partial charge in [-0.2, -0.15) is 5.26 Å². The second-order valence-electron chi connectivity index (χ2n) is 9.95. The molecule has 0 saturated carbocycles. The molecule has 8 heteroatoms. The highest BCUT2D eigenvalue weighted by atomic mass is 32.2. The molecule has 0 aliphatic rings. The number of H-pyrrole nitrogens is 1. The van der Waals surface area contributed by atoms with Gasteiger partial charge in [0.15, 0.2) is 0 Å². The summed E-state index contributed by atoms with van der Waals surface area (Å²) in [5.41, 5.74) is 2.78. The van der Waals surface area contributed by atoms with E-state index in [1.807, 2.05) is 19.1 Å². The number of aromatic amines is 1. The number of methoxy groups -OCH3 is 1. The van der Waals surface area contributed by atoms with Crippen molar-refractivity contribution in [3.05, 3.63) is 81.8 Å². The Kier molecular flexibility index (Phi) is 7.13. The lowest BCUT2D eigenvalue weighted by molar-refractivity contribution is 0.389. The number of nitrogens with zero attached hydrogens (tertiary/aromatic N) is 1. The van der Waals surface area contributed by atoms with E-state index in [2.05, 4.69) is 36.5 Å². The molecule has 0 radical (unpaired) electrons. The van der Waals surface area contributed by atoms with Crippen molar-refractivity contribution in [3.63, 3.8) is 0 Å². The van der Waals surface area contributed by atoms with Crippen LogP contribution in [0, 0.1) is 11.3 Å². The second-order valence-corrected chi connectivity index (χ2v) is 11.7. The van der Waals surface area contributed by atoms with E-state index >= 15 is 0 Å². The highest BCUT2D eigenvalue weighted by Gasteiger charge is 2.31. The summed E-state index contributed by atoms with van der Waals surface area (Å²) >= 11 is 0. The van der Waals surface area contributed by atoms with E-state index in [9.17, 15) is 18.5 Å². The first-order valence-corrected chi connectivity index (χ1v) is 13.1. The molecule has 1 unspecified atom stereocenters. The van der Waals surface area contributed by atoms with Crippen LogP contribution in [-0.4, -0.2) is 26.8 Å². The van der Waals surface area contributed by atoms with Gasteiger partial charge in [-0.3, -0.25) is 9.52 Å². The minimum absolute atomic E-state index is 0.194. The van der Waals surface area contributed by atoms with Gasteiger partial charge >= 0.3 is 0 Å². The van der Waals surface area contributed by atoms with E-state index in [0.29, 0.717) is 23.4 Å². The Morgan fingerprint density at radius 2 is 1.74 bits per heavy atom. The summed E-state index contributed by atoms with van der Waals surface area (Å²) in [5, 5.41) is 10.2. The first kappa shape index (κ1) is 26.0. The lowest BCUT2D eigenvalue weighted by Crippen LogP contribution is -2.24. The van der Waals surface area contributed by atoms with Crippen LogP contribution >= 0.6 is 0 Å². The summed E-state index contributed by atoms with van der Waals surface area (Å²) < 4.78 is 31.4. The first-order chi connectivity index (χ1) is 16.3. The molecule has 2 aromatic carbocycles. The Balaban J connectivity index is 2.15. The number of sulfonamides is 1. The number of nitriles is 1. The molecule has 0 aliphatic heterocycles. The van der Waals surface area contributed by atoms with E-state index in [1.54, 1.807) is 49.7 Å².